The molecule has 1 atom stereocenters. The van der Waals surface area contributed by atoms with E-state index in [0.717, 1.165) is 49.6 Å². The zero-order valence-electron chi connectivity index (χ0n) is 18.0. The van der Waals surface area contributed by atoms with Gasteiger partial charge in [-0.2, -0.15) is 0 Å². The van der Waals surface area contributed by atoms with Gasteiger partial charge in [0.25, 0.3) is 0 Å². The van der Waals surface area contributed by atoms with Gasteiger partial charge in [-0.05, 0) is 43.9 Å². The molecule has 2 N–H and O–H groups in total. The Kier molecular flexibility index (Phi) is 8.96. The van der Waals surface area contributed by atoms with Crippen LogP contribution < -0.4 is 10.6 Å². The Morgan fingerprint density at radius 2 is 2.00 bits per heavy atom. The van der Waals surface area contributed by atoms with Crippen LogP contribution in [0.3, 0.4) is 0 Å². The van der Waals surface area contributed by atoms with E-state index in [4.69, 9.17) is 4.74 Å². The second-order valence-electron chi connectivity index (χ2n) is 7.41. The molecule has 1 amide bonds. The van der Waals surface area contributed by atoms with E-state index in [1.807, 2.05) is 45.0 Å². The number of nitrogens with one attached hydrogen (secondary N) is 2. The number of hydrogen-bond acceptors (Lipinski definition) is 4. The van der Waals surface area contributed by atoms with Crippen LogP contribution in [0.25, 0.3) is 0 Å². The number of esters is 1. The van der Waals surface area contributed by atoms with E-state index in [9.17, 15) is 9.59 Å². The van der Waals surface area contributed by atoms with Crippen molar-refractivity contribution in [3.8, 4) is 0 Å². The molecule has 1 unspecified atom stereocenters. The van der Waals surface area contributed by atoms with Crippen molar-refractivity contribution in [3.05, 3.63) is 29.8 Å². The number of carbonyl (C=O) groups excluding carboxylic acids is 2. The van der Waals surface area contributed by atoms with Crippen LogP contribution in [-0.2, 0) is 20.9 Å². The van der Waals surface area contributed by atoms with Crippen molar-refractivity contribution in [2.75, 3.05) is 32.1 Å². The molecule has 0 aromatic heterocycles. The summed E-state index contributed by atoms with van der Waals surface area (Å²) < 4.78 is 5.14. The molecular weight excluding hydrogens is 368 g/mol. The van der Waals surface area contributed by atoms with Crippen LogP contribution in [0.1, 0.15) is 45.6 Å². The molecular formula is C22H34N4O3. The number of hydrogen-bond donors (Lipinski definition) is 2. The average Bonchev–Trinajstić information content (AvgIpc) is 2.74. The second-order valence-corrected chi connectivity index (χ2v) is 7.41. The van der Waals surface area contributed by atoms with Gasteiger partial charge in [0, 0.05) is 38.3 Å². The van der Waals surface area contributed by atoms with Crippen LogP contribution in [0.15, 0.2) is 29.3 Å². The van der Waals surface area contributed by atoms with Gasteiger partial charge in [0.1, 0.15) is 0 Å². The number of nitrogens with zero attached hydrogens (tertiary/aromatic N) is 2. The van der Waals surface area contributed by atoms with E-state index in [0.29, 0.717) is 13.2 Å². The van der Waals surface area contributed by atoms with Gasteiger partial charge in [-0.3, -0.25) is 14.6 Å². The SMILES string of the molecule is CCOC(=O)C1CCN(C(=NC)NCc2cccc(NC(=O)C(C)CC)c2)CC1. The molecule has 0 spiro atoms. The van der Waals surface area contributed by atoms with Gasteiger partial charge in [0.2, 0.25) is 5.91 Å². The molecule has 1 aromatic rings. The highest BCUT2D eigenvalue weighted by Gasteiger charge is 2.27. The zero-order valence-corrected chi connectivity index (χ0v) is 18.0. The van der Waals surface area contributed by atoms with E-state index < -0.39 is 0 Å². The van der Waals surface area contributed by atoms with Gasteiger partial charge in [-0.15, -0.1) is 0 Å². The molecule has 1 aromatic carbocycles. The topological polar surface area (TPSA) is 83.0 Å². The number of anilines is 1. The highest BCUT2D eigenvalue weighted by atomic mass is 16.5. The Labute approximate surface area is 173 Å². The quantitative estimate of drug-likeness (QED) is 0.416. The minimum atomic E-state index is -0.0913. The van der Waals surface area contributed by atoms with E-state index in [1.165, 1.54) is 0 Å². The second kappa shape index (κ2) is 11.4. The lowest BCUT2D eigenvalue weighted by atomic mass is 9.97. The predicted octanol–water partition coefficient (Wildman–Crippen LogP) is 3.02. The first-order valence-electron chi connectivity index (χ1n) is 10.5. The summed E-state index contributed by atoms with van der Waals surface area (Å²) in [4.78, 5) is 30.6. The number of guanidine groups is 1. The molecule has 7 nitrogen and oxygen atoms in total. The number of amides is 1. The van der Waals surface area contributed by atoms with Crippen LogP contribution in [0.4, 0.5) is 5.69 Å². The monoisotopic (exact) mass is 402 g/mol. The molecule has 1 aliphatic heterocycles. The van der Waals surface area contributed by atoms with Gasteiger partial charge >= 0.3 is 5.97 Å². The first-order valence-corrected chi connectivity index (χ1v) is 10.5. The van der Waals surface area contributed by atoms with E-state index in [2.05, 4.69) is 20.5 Å². The Balaban J connectivity index is 1.88. The Bertz CT molecular complexity index is 712. The maximum absolute atomic E-state index is 12.1. The number of likely N-dealkylation sites (tertiary alicyclic amines) is 1. The molecule has 1 fully saturated rings. The first-order chi connectivity index (χ1) is 14.0. The van der Waals surface area contributed by atoms with E-state index >= 15 is 0 Å². The van der Waals surface area contributed by atoms with Crippen molar-refractivity contribution in [3.63, 3.8) is 0 Å². The van der Waals surface area contributed by atoms with Crippen LogP contribution in [0.2, 0.25) is 0 Å². The number of piperidine rings is 1. The minimum Gasteiger partial charge on any atom is -0.466 e. The molecule has 1 saturated heterocycles. The van der Waals surface area contributed by atoms with Gasteiger partial charge in [-0.25, -0.2) is 0 Å². The Morgan fingerprint density at radius 3 is 2.62 bits per heavy atom. The predicted molar refractivity (Wildman–Crippen MR) is 116 cm³/mol. The number of carbonyl (C=O) groups is 2. The lowest BCUT2D eigenvalue weighted by Crippen LogP contribution is -2.46. The fourth-order valence-corrected chi connectivity index (χ4v) is 3.31. The minimum absolute atomic E-state index is 0.00635. The lowest BCUT2D eigenvalue weighted by Gasteiger charge is -2.33. The van der Waals surface area contributed by atoms with Crippen LogP contribution in [0, 0.1) is 11.8 Å². The summed E-state index contributed by atoms with van der Waals surface area (Å²) in [6.07, 6.45) is 2.36. The van der Waals surface area contributed by atoms with Crippen LogP contribution in [-0.4, -0.2) is 49.5 Å². The van der Waals surface area contributed by atoms with E-state index in [1.54, 1.807) is 7.05 Å². The lowest BCUT2D eigenvalue weighted by molar-refractivity contribution is -0.149. The van der Waals surface area contributed by atoms with Crippen LogP contribution >= 0.6 is 0 Å². The standard InChI is InChI=1S/C22H34N4O3/c1-5-16(3)20(27)25-19-9-7-8-17(14-19)15-24-22(23-4)26-12-10-18(11-13-26)21(28)29-6-2/h7-9,14,16,18H,5-6,10-13,15H2,1-4H3,(H,23,24)(H,25,27). The fraction of sp³-hybridized carbons (Fsp3) is 0.591. The highest BCUT2D eigenvalue weighted by Crippen LogP contribution is 2.19. The molecule has 160 valence electrons. The molecule has 7 heteroatoms. The summed E-state index contributed by atoms with van der Waals surface area (Å²) in [7, 11) is 1.77. The molecule has 1 aliphatic rings. The number of aliphatic imine (C=N–C) groups is 1. The third-order valence-corrected chi connectivity index (χ3v) is 5.33. The number of ether oxygens (including phenoxy) is 1. The largest absolute Gasteiger partial charge is 0.466 e. The zero-order chi connectivity index (χ0) is 21.2. The molecule has 0 radical (unpaired) electrons. The van der Waals surface area contributed by atoms with Gasteiger partial charge in [0.15, 0.2) is 5.96 Å². The molecule has 1 heterocycles. The molecule has 29 heavy (non-hydrogen) atoms. The van der Waals surface area contributed by atoms with E-state index in [-0.39, 0.29) is 23.7 Å². The summed E-state index contributed by atoms with van der Waals surface area (Å²) in [5.74, 6) is 0.744. The van der Waals surface area contributed by atoms with Gasteiger partial charge in [-0.1, -0.05) is 26.0 Å². The van der Waals surface area contributed by atoms with Crippen molar-refractivity contribution in [1.29, 1.82) is 0 Å². The van der Waals surface area contributed by atoms with Gasteiger partial charge < -0.3 is 20.3 Å². The summed E-state index contributed by atoms with van der Waals surface area (Å²) >= 11 is 0. The summed E-state index contributed by atoms with van der Waals surface area (Å²) in [5.41, 5.74) is 1.87. The van der Waals surface area contributed by atoms with Crippen molar-refractivity contribution >= 4 is 23.5 Å². The average molecular weight is 403 g/mol. The smallest absolute Gasteiger partial charge is 0.309 e. The van der Waals surface area contributed by atoms with Crippen molar-refractivity contribution < 1.29 is 14.3 Å². The van der Waals surface area contributed by atoms with Crippen LogP contribution in [0.5, 0.6) is 0 Å². The maximum Gasteiger partial charge on any atom is 0.309 e. The highest BCUT2D eigenvalue weighted by molar-refractivity contribution is 5.92. The molecule has 0 aliphatic carbocycles. The molecule has 0 bridgehead atoms. The van der Waals surface area contributed by atoms with Crippen molar-refractivity contribution in [1.82, 2.24) is 10.2 Å². The summed E-state index contributed by atoms with van der Waals surface area (Å²) in [6, 6.07) is 7.84. The summed E-state index contributed by atoms with van der Waals surface area (Å²) in [6.45, 7) is 8.35. The van der Waals surface area contributed by atoms with Crippen molar-refractivity contribution in [2.24, 2.45) is 16.8 Å². The Hall–Kier alpha value is -2.57. The third kappa shape index (κ3) is 6.76. The number of rotatable bonds is 7. The van der Waals surface area contributed by atoms with Crippen molar-refractivity contribution in [2.45, 2.75) is 46.6 Å². The van der Waals surface area contributed by atoms with Gasteiger partial charge in [0.05, 0.1) is 12.5 Å². The normalized spacial score (nSPS) is 16.3. The third-order valence-electron chi connectivity index (χ3n) is 5.33. The maximum atomic E-state index is 12.1. The summed E-state index contributed by atoms with van der Waals surface area (Å²) in [5, 5.41) is 6.36. The molecule has 0 saturated carbocycles. The first kappa shape index (κ1) is 22.7. The Morgan fingerprint density at radius 1 is 1.28 bits per heavy atom. The molecule has 2 rings (SSSR count). The number of benzene rings is 1. The fourth-order valence-electron chi connectivity index (χ4n) is 3.31.